The van der Waals surface area contributed by atoms with Crippen molar-refractivity contribution in [2.45, 2.75) is 25.6 Å². The molecule has 1 aliphatic rings. The summed E-state index contributed by atoms with van der Waals surface area (Å²) < 4.78 is 6.03. The standard InChI is InChI=1S/C18H22N2O/c19-16-6-8-17(9-7-16)20-12-10-18(11-13-20)21-14-15-4-2-1-3-5-15/h1-9,18H,10-14,19H2. The Morgan fingerprint density at radius 2 is 1.62 bits per heavy atom. The van der Waals surface area contributed by atoms with Crippen LogP contribution >= 0.6 is 0 Å². The summed E-state index contributed by atoms with van der Waals surface area (Å²) in [7, 11) is 0. The first kappa shape index (κ1) is 14.0. The average Bonchev–Trinajstić information content (AvgIpc) is 2.55. The third kappa shape index (κ3) is 3.76. The molecule has 3 rings (SSSR count). The van der Waals surface area contributed by atoms with Crippen molar-refractivity contribution in [3.05, 3.63) is 60.2 Å². The second-order valence-electron chi connectivity index (χ2n) is 5.57. The van der Waals surface area contributed by atoms with Gasteiger partial charge in [-0.3, -0.25) is 0 Å². The zero-order valence-corrected chi connectivity index (χ0v) is 12.2. The summed E-state index contributed by atoms with van der Waals surface area (Å²) in [6.07, 6.45) is 2.53. The van der Waals surface area contributed by atoms with E-state index in [1.807, 2.05) is 18.2 Å². The number of hydrogen-bond acceptors (Lipinski definition) is 3. The summed E-state index contributed by atoms with van der Waals surface area (Å²) in [5.74, 6) is 0. The van der Waals surface area contributed by atoms with Crippen molar-refractivity contribution in [1.29, 1.82) is 0 Å². The smallest absolute Gasteiger partial charge is 0.0720 e. The van der Waals surface area contributed by atoms with E-state index < -0.39 is 0 Å². The first-order valence-corrected chi connectivity index (χ1v) is 7.57. The number of ether oxygens (including phenoxy) is 1. The van der Waals surface area contributed by atoms with Crippen molar-refractivity contribution in [3.63, 3.8) is 0 Å². The topological polar surface area (TPSA) is 38.5 Å². The van der Waals surface area contributed by atoms with E-state index in [0.29, 0.717) is 12.7 Å². The predicted molar refractivity (Wildman–Crippen MR) is 87.3 cm³/mol. The summed E-state index contributed by atoms with van der Waals surface area (Å²) in [5.41, 5.74) is 9.06. The number of piperidine rings is 1. The third-order valence-corrected chi connectivity index (χ3v) is 4.03. The minimum Gasteiger partial charge on any atom is -0.399 e. The number of hydrogen-bond donors (Lipinski definition) is 1. The van der Waals surface area contributed by atoms with Gasteiger partial charge in [0.15, 0.2) is 0 Å². The maximum absolute atomic E-state index is 6.03. The first-order chi connectivity index (χ1) is 10.3. The molecule has 2 aromatic carbocycles. The quantitative estimate of drug-likeness (QED) is 0.873. The number of anilines is 2. The number of benzene rings is 2. The van der Waals surface area contributed by atoms with Crippen LogP contribution in [-0.4, -0.2) is 19.2 Å². The van der Waals surface area contributed by atoms with E-state index in [2.05, 4.69) is 41.3 Å². The van der Waals surface area contributed by atoms with E-state index in [1.54, 1.807) is 0 Å². The van der Waals surface area contributed by atoms with Crippen LogP contribution in [0.15, 0.2) is 54.6 Å². The van der Waals surface area contributed by atoms with Crippen LogP contribution in [0.5, 0.6) is 0 Å². The van der Waals surface area contributed by atoms with Crippen molar-refractivity contribution in [3.8, 4) is 0 Å². The Kier molecular flexibility index (Phi) is 4.41. The van der Waals surface area contributed by atoms with Crippen molar-refractivity contribution >= 4 is 11.4 Å². The minimum atomic E-state index is 0.371. The van der Waals surface area contributed by atoms with Crippen LogP contribution in [-0.2, 0) is 11.3 Å². The Hall–Kier alpha value is -2.00. The van der Waals surface area contributed by atoms with Gasteiger partial charge in [-0.25, -0.2) is 0 Å². The molecule has 0 radical (unpaired) electrons. The van der Waals surface area contributed by atoms with Gasteiger partial charge in [-0.05, 0) is 42.7 Å². The Morgan fingerprint density at radius 1 is 0.952 bits per heavy atom. The Labute approximate surface area is 126 Å². The van der Waals surface area contributed by atoms with E-state index in [0.717, 1.165) is 31.6 Å². The minimum absolute atomic E-state index is 0.371. The van der Waals surface area contributed by atoms with Crippen LogP contribution in [0.1, 0.15) is 18.4 Å². The molecule has 2 aromatic rings. The van der Waals surface area contributed by atoms with E-state index in [9.17, 15) is 0 Å². The molecule has 0 saturated carbocycles. The van der Waals surface area contributed by atoms with Crippen LogP contribution in [0.4, 0.5) is 11.4 Å². The highest BCUT2D eigenvalue weighted by Crippen LogP contribution is 2.22. The highest BCUT2D eigenvalue weighted by Gasteiger charge is 2.19. The largest absolute Gasteiger partial charge is 0.399 e. The Bertz CT molecular complexity index is 545. The Balaban J connectivity index is 1.48. The van der Waals surface area contributed by atoms with E-state index in [4.69, 9.17) is 10.5 Å². The fourth-order valence-corrected chi connectivity index (χ4v) is 2.75. The molecule has 0 atom stereocenters. The van der Waals surface area contributed by atoms with Crippen LogP contribution in [0, 0.1) is 0 Å². The number of rotatable bonds is 4. The molecule has 2 N–H and O–H groups in total. The van der Waals surface area contributed by atoms with Crippen molar-refractivity contribution < 1.29 is 4.74 Å². The Morgan fingerprint density at radius 3 is 2.29 bits per heavy atom. The van der Waals surface area contributed by atoms with Gasteiger partial charge in [-0.2, -0.15) is 0 Å². The third-order valence-electron chi connectivity index (χ3n) is 4.03. The average molecular weight is 282 g/mol. The second-order valence-corrected chi connectivity index (χ2v) is 5.57. The molecule has 3 heteroatoms. The summed E-state index contributed by atoms with van der Waals surface area (Å²) in [5, 5.41) is 0. The van der Waals surface area contributed by atoms with Crippen LogP contribution < -0.4 is 10.6 Å². The lowest BCUT2D eigenvalue weighted by molar-refractivity contribution is 0.0251. The molecule has 1 saturated heterocycles. The van der Waals surface area contributed by atoms with Crippen LogP contribution in [0.2, 0.25) is 0 Å². The fourth-order valence-electron chi connectivity index (χ4n) is 2.75. The van der Waals surface area contributed by atoms with Gasteiger partial charge in [0, 0.05) is 24.5 Å². The molecule has 1 fully saturated rings. The zero-order chi connectivity index (χ0) is 14.5. The molecule has 0 bridgehead atoms. The van der Waals surface area contributed by atoms with Gasteiger partial charge in [0.2, 0.25) is 0 Å². The molecule has 0 amide bonds. The first-order valence-electron chi connectivity index (χ1n) is 7.57. The van der Waals surface area contributed by atoms with E-state index in [1.165, 1.54) is 11.3 Å². The normalized spacial score (nSPS) is 16.1. The van der Waals surface area contributed by atoms with Crippen LogP contribution in [0.25, 0.3) is 0 Å². The highest BCUT2D eigenvalue weighted by molar-refractivity contribution is 5.53. The molecule has 0 aromatic heterocycles. The van der Waals surface area contributed by atoms with Gasteiger partial charge >= 0.3 is 0 Å². The number of nitrogens with two attached hydrogens (primary N) is 1. The summed E-state index contributed by atoms with van der Waals surface area (Å²) in [4.78, 5) is 2.40. The molecule has 0 spiro atoms. The summed E-state index contributed by atoms with van der Waals surface area (Å²) >= 11 is 0. The molecule has 110 valence electrons. The lowest BCUT2D eigenvalue weighted by Crippen LogP contribution is -2.36. The molecular formula is C18H22N2O. The van der Waals surface area contributed by atoms with E-state index >= 15 is 0 Å². The van der Waals surface area contributed by atoms with E-state index in [-0.39, 0.29) is 0 Å². The van der Waals surface area contributed by atoms with Gasteiger partial charge in [0.05, 0.1) is 12.7 Å². The van der Waals surface area contributed by atoms with Gasteiger partial charge in [0.1, 0.15) is 0 Å². The van der Waals surface area contributed by atoms with Gasteiger partial charge in [0.25, 0.3) is 0 Å². The van der Waals surface area contributed by atoms with Crippen molar-refractivity contribution in [1.82, 2.24) is 0 Å². The van der Waals surface area contributed by atoms with Crippen molar-refractivity contribution in [2.75, 3.05) is 23.7 Å². The highest BCUT2D eigenvalue weighted by atomic mass is 16.5. The lowest BCUT2D eigenvalue weighted by atomic mass is 10.1. The van der Waals surface area contributed by atoms with Crippen molar-refractivity contribution in [2.24, 2.45) is 0 Å². The van der Waals surface area contributed by atoms with Gasteiger partial charge in [-0.1, -0.05) is 30.3 Å². The molecule has 3 nitrogen and oxygen atoms in total. The lowest BCUT2D eigenvalue weighted by Gasteiger charge is -2.33. The second kappa shape index (κ2) is 6.64. The summed E-state index contributed by atoms with van der Waals surface area (Å²) in [6, 6.07) is 18.5. The van der Waals surface area contributed by atoms with Crippen LogP contribution in [0.3, 0.4) is 0 Å². The maximum Gasteiger partial charge on any atom is 0.0720 e. The zero-order valence-electron chi connectivity index (χ0n) is 12.2. The summed E-state index contributed by atoms with van der Waals surface area (Å²) in [6.45, 7) is 2.81. The molecule has 21 heavy (non-hydrogen) atoms. The SMILES string of the molecule is Nc1ccc(N2CCC(OCc3ccccc3)CC2)cc1. The molecule has 0 aliphatic carbocycles. The number of nitrogens with zero attached hydrogens (tertiary/aromatic N) is 1. The maximum atomic E-state index is 6.03. The molecule has 1 heterocycles. The molecular weight excluding hydrogens is 260 g/mol. The molecule has 0 unspecified atom stereocenters. The van der Waals surface area contributed by atoms with Gasteiger partial charge < -0.3 is 15.4 Å². The monoisotopic (exact) mass is 282 g/mol. The van der Waals surface area contributed by atoms with Gasteiger partial charge in [-0.15, -0.1) is 0 Å². The fraction of sp³-hybridized carbons (Fsp3) is 0.333. The molecule has 1 aliphatic heterocycles. The number of nitrogen functional groups attached to an aromatic ring is 1. The predicted octanol–water partition coefficient (Wildman–Crippen LogP) is 3.45.